The average molecular weight is 279 g/mol. The van der Waals surface area contributed by atoms with Crippen LogP contribution in [0.5, 0.6) is 0 Å². The standard InChI is InChI=1S/C14H12ClFN2O/c1-3-13-11(6-8(2)17-18-13)14(19)10-7-9(16)4-5-12(10)15/h4-7H,3H2,1-2H3. The Morgan fingerprint density at radius 1 is 1.26 bits per heavy atom. The molecule has 0 saturated heterocycles. The molecule has 0 atom stereocenters. The third kappa shape index (κ3) is 2.79. The van der Waals surface area contributed by atoms with Crippen molar-refractivity contribution in [2.45, 2.75) is 20.3 Å². The first kappa shape index (κ1) is 13.6. The van der Waals surface area contributed by atoms with Gasteiger partial charge in [-0.25, -0.2) is 4.39 Å². The Hall–Kier alpha value is -1.81. The highest BCUT2D eigenvalue weighted by atomic mass is 35.5. The molecule has 1 aromatic heterocycles. The van der Waals surface area contributed by atoms with Gasteiger partial charge in [-0.1, -0.05) is 18.5 Å². The van der Waals surface area contributed by atoms with Crippen molar-refractivity contribution in [1.82, 2.24) is 10.2 Å². The lowest BCUT2D eigenvalue weighted by atomic mass is 10.0. The minimum Gasteiger partial charge on any atom is -0.288 e. The third-order valence-corrected chi connectivity index (χ3v) is 3.07. The molecule has 1 heterocycles. The fraction of sp³-hybridized carbons (Fsp3) is 0.214. The zero-order chi connectivity index (χ0) is 14.0. The van der Waals surface area contributed by atoms with Crippen molar-refractivity contribution in [2.24, 2.45) is 0 Å². The van der Waals surface area contributed by atoms with Crippen molar-refractivity contribution < 1.29 is 9.18 Å². The fourth-order valence-corrected chi connectivity index (χ4v) is 1.99. The number of carbonyl (C=O) groups excluding carboxylic acids is 1. The van der Waals surface area contributed by atoms with E-state index in [4.69, 9.17) is 11.6 Å². The van der Waals surface area contributed by atoms with E-state index in [-0.39, 0.29) is 16.4 Å². The SMILES string of the molecule is CCc1nnc(C)cc1C(=O)c1cc(F)ccc1Cl. The number of carbonyl (C=O) groups is 1. The lowest BCUT2D eigenvalue weighted by Gasteiger charge is -2.08. The normalized spacial score (nSPS) is 10.5. The average Bonchev–Trinajstić information content (AvgIpc) is 2.40. The number of halogens is 2. The Morgan fingerprint density at radius 2 is 2.00 bits per heavy atom. The number of hydrogen-bond acceptors (Lipinski definition) is 3. The molecule has 0 aliphatic rings. The van der Waals surface area contributed by atoms with Gasteiger partial charge in [-0.15, -0.1) is 0 Å². The molecule has 2 rings (SSSR count). The minimum absolute atomic E-state index is 0.142. The predicted octanol–water partition coefficient (Wildman–Crippen LogP) is 3.37. The van der Waals surface area contributed by atoms with Crippen molar-refractivity contribution in [2.75, 3.05) is 0 Å². The van der Waals surface area contributed by atoms with E-state index >= 15 is 0 Å². The minimum atomic E-state index is -0.496. The molecule has 0 N–H and O–H groups in total. The van der Waals surface area contributed by atoms with Crippen LogP contribution in [0.2, 0.25) is 5.02 Å². The molecule has 0 bridgehead atoms. The molecule has 0 unspecified atom stereocenters. The second-order valence-electron chi connectivity index (χ2n) is 4.15. The fourth-order valence-electron chi connectivity index (χ4n) is 1.79. The molecule has 0 aliphatic carbocycles. The summed E-state index contributed by atoms with van der Waals surface area (Å²) in [6.45, 7) is 3.62. The van der Waals surface area contributed by atoms with E-state index in [0.29, 0.717) is 23.4 Å². The number of rotatable bonds is 3. The molecule has 5 heteroatoms. The largest absolute Gasteiger partial charge is 0.288 e. The van der Waals surface area contributed by atoms with Gasteiger partial charge in [0.1, 0.15) is 5.82 Å². The van der Waals surface area contributed by atoms with Gasteiger partial charge in [0.15, 0.2) is 5.78 Å². The van der Waals surface area contributed by atoms with Crippen LogP contribution >= 0.6 is 11.6 Å². The highest BCUT2D eigenvalue weighted by molar-refractivity contribution is 6.35. The van der Waals surface area contributed by atoms with E-state index in [0.717, 1.165) is 6.07 Å². The first-order chi connectivity index (χ1) is 9.02. The maximum Gasteiger partial charge on any atom is 0.196 e. The molecule has 0 amide bonds. The molecular weight excluding hydrogens is 267 g/mol. The Morgan fingerprint density at radius 3 is 2.68 bits per heavy atom. The van der Waals surface area contributed by atoms with Gasteiger partial charge in [0.05, 0.1) is 16.4 Å². The van der Waals surface area contributed by atoms with E-state index in [1.165, 1.54) is 12.1 Å². The number of nitrogens with zero attached hydrogens (tertiary/aromatic N) is 2. The van der Waals surface area contributed by atoms with Gasteiger partial charge in [-0.3, -0.25) is 4.79 Å². The second-order valence-corrected chi connectivity index (χ2v) is 4.56. The van der Waals surface area contributed by atoms with Gasteiger partial charge < -0.3 is 0 Å². The third-order valence-electron chi connectivity index (χ3n) is 2.75. The van der Waals surface area contributed by atoms with Crippen LogP contribution < -0.4 is 0 Å². The highest BCUT2D eigenvalue weighted by Crippen LogP contribution is 2.22. The van der Waals surface area contributed by atoms with Gasteiger partial charge in [0, 0.05) is 11.1 Å². The van der Waals surface area contributed by atoms with Crippen molar-refractivity contribution >= 4 is 17.4 Å². The Bertz CT molecular complexity index is 643. The quantitative estimate of drug-likeness (QED) is 0.809. The summed E-state index contributed by atoms with van der Waals surface area (Å²) in [6, 6.07) is 5.38. The Balaban J connectivity index is 2.55. The van der Waals surface area contributed by atoms with E-state index in [1.807, 2.05) is 6.92 Å². The van der Waals surface area contributed by atoms with Crippen LogP contribution in [0.15, 0.2) is 24.3 Å². The molecule has 0 fully saturated rings. The topological polar surface area (TPSA) is 42.9 Å². The molecule has 0 spiro atoms. The molecule has 0 aliphatic heterocycles. The smallest absolute Gasteiger partial charge is 0.196 e. The molecule has 2 aromatic rings. The number of aromatic nitrogens is 2. The summed E-state index contributed by atoms with van der Waals surface area (Å²) in [6.07, 6.45) is 0.571. The van der Waals surface area contributed by atoms with E-state index in [2.05, 4.69) is 10.2 Å². The number of ketones is 1. The molecule has 98 valence electrons. The predicted molar refractivity (Wildman–Crippen MR) is 71.0 cm³/mol. The van der Waals surface area contributed by atoms with Crippen LogP contribution in [-0.4, -0.2) is 16.0 Å². The number of aryl methyl sites for hydroxylation is 2. The summed E-state index contributed by atoms with van der Waals surface area (Å²) in [5.74, 6) is -0.830. The number of hydrogen-bond donors (Lipinski definition) is 0. The van der Waals surface area contributed by atoms with Crippen molar-refractivity contribution in [3.05, 3.63) is 57.6 Å². The van der Waals surface area contributed by atoms with E-state index in [9.17, 15) is 9.18 Å². The lowest BCUT2D eigenvalue weighted by Crippen LogP contribution is -2.10. The van der Waals surface area contributed by atoms with Crippen molar-refractivity contribution in [3.8, 4) is 0 Å². The monoisotopic (exact) mass is 278 g/mol. The molecule has 0 saturated carbocycles. The summed E-state index contributed by atoms with van der Waals surface area (Å²) in [5.41, 5.74) is 1.77. The molecule has 3 nitrogen and oxygen atoms in total. The maximum atomic E-state index is 13.2. The van der Waals surface area contributed by atoms with Crippen molar-refractivity contribution in [3.63, 3.8) is 0 Å². The molecule has 0 radical (unpaired) electrons. The van der Waals surface area contributed by atoms with Gasteiger partial charge >= 0.3 is 0 Å². The number of benzene rings is 1. The van der Waals surface area contributed by atoms with Crippen molar-refractivity contribution in [1.29, 1.82) is 0 Å². The molecule has 19 heavy (non-hydrogen) atoms. The van der Waals surface area contributed by atoms with Gasteiger partial charge in [-0.2, -0.15) is 10.2 Å². The van der Waals surface area contributed by atoms with E-state index in [1.54, 1.807) is 13.0 Å². The first-order valence-corrected chi connectivity index (χ1v) is 6.23. The Kier molecular flexibility index (Phi) is 3.90. The molecule has 1 aromatic carbocycles. The van der Waals surface area contributed by atoms with Gasteiger partial charge in [0.25, 0.3) is 0 Å². The van der Waals surface area contributed by atoms with Crippen LogP contribution in [-0.2, 0) is 6.42 Å². The van der Waals surface area contributed by atoms with Crippen LogP contribution in [0.1, 0.15) is 34.2 Å². The zero-order valence-corrected chi connectivity index (χ0v) is 11.3. The lowest BCUT2D eigenvalue weighted by molar-refractivity contribution is 0.103. The summed E-state index contributed by atoms with van der Waals surface area (Å²) in [5, 5.41) is 8.13. The summed E-state index contributed by atoms with van der Waals surface area (Å²) >= 11 is 5.95. The Labute approximate surface area is 115 Å². The van der Waals surface area contributed by atoms with E-state index < -0.39 is 5.82 Å². The molecular formula is C14H12ClFN2O. The summed E-state index contributed by atoms with van der Waals surface area (Å²) in [7, 11) is 0. The van der Waals surface area contributed by atoms with Crippen LogP contribution in [0, 0.1) is 12.7 Å². The van der Waals surface area contributed by atoms with Gasteiger partial charge in [0.2, 0.25) is 0 Å². The van der Waals surface area contributed by atoms with Crippen LogP contribution in [0.25, 0.3) is 0 Å². The maximum absolute atomic E-state index is 13.2. The second kappa shape index (κ2) is 5.45. The van der Waals surface area contributed by atoms with Crippen LogP contribution in [0.3, 0.4) is 0 Å². The van der Waals surface area contributed by atoms with Gasteiger partial charge in [-0.05, 0) is 37.6 Å². The summed E-state index contributed by atoms with van der Waals surface area (Å²) in [4.78, 5) is 12.4. The summed E-state index contributed by atoms with van der Waals surface area (Å²) < 4.78 is 13.2. The highest BCUT2D eigenvalue weighted by Gasteiger charge is 2.18. The van der Waals surface area contributed by atoms with Crippen LogP contribution in [0.4, 0.5) is 4.39 Å². The zero-order valence-electron chi connectivity index (χ0n) is 10.6. The first-order valence-electron chi connectivity index (χ1n) is 5.86.